The van der Waals surface area contributed by atoms with E-state index in [0.717, 1.165) is 31.7 Å². The lowest BCUT2D eigenvalue weighted by molar-refractivity contribution is 0.0806. The van der Waals surface area contributed by atoms with Crippen LogP contribution < -0.4 is 5.32 Å². The third-order valence-electron chi connectivity index (χ3n) is 4.25. The quantitative estimate of drug-likeness (QED) is 0.868. The van der Waals surface area contributed by atoms with Gasteiger partial charge in [-0.05, 0) is 24.8 Å². The van der Waals surface area contributed by atoms with Gasteiger partial charge in [-0.1, -0.05) is 12.5 Å². The van der Waals surface area contributed by atoms with E-state index in [1.165, 1.54) is 25.5 Å². The van der Waals surface area contributed by atoms with E-state index in [4.69, 9.17) is 0 Å². The molecule has 1 aliphatic heterocycles. The van der Waals surface area contributed by atoms with Crippen LogP contribution in [0.3, 0.4) is 0 Å². The zero-order valence-electron chi connectivity index (χ0n) is 11.4. The van der Waals surface area contributed by atoms with Crippen molar-refractivity contribution in [3.63, 3.8) is 0 Å². The van der Waals surface area contributed by atoms with Gasteiger partial charge in [-0.25, -0.2) is 4.98 Å². The van der Waals surface area contributed by atoms with Crippen molar-refractivity contribution in [3.05, 3.63) is 29.8 Å². The van der Waals surface area contributed by atoms with Crippen molar-refractivity contribution in [2.45, 2.75) is 25.3 Å². The van der Waals surface area contributed by atoms with Crippen molar-refractivity contribution in [2.24, 2.45) is 5.92 Å². The van der Waals surface area contributed by atoms with Gasteiger partial charge < -0.3 is 5.32 Å². The van der Waals surface area contributed by atoms with Gasteiger partial charge >= 0.3 is 0 Å². The van der Waals surface area contributed by atoms with Gasteiger partial charge in [0.25, 0.3) is 0 Å². The van der Waals surface area contributed by atoms with E-state index in [9.17, 15) is 4.39 Å². The second-order valence-electron chi connectivity index (χ2n) is 5.31. The molecule has 0 bridgehead atoms. The molecule has 1 aromatic heterocycles. The van der Waals surface area contributed by atoms with Crippen molar-refractivity contribution >= 4 is 24.8 Å². The molecular weight excluding hydrogens is 300 g/mol. The van der Waals surface area contributed by atoms with E-state index in [1.807, 2.05) is 12.1 Å². The lowest BCUT2D eigenvalue weighted by Crippen LogP contribution is -2.48. The number of halogens is 3. The van der Waals surface area contributed by atoms with E-state index in [-0.39, 0.29) is 36.8 Å². The van der Waals surface area contributed by atoms with Gasteiger partial charge in [-0.15, -0.1) is 24.8 Å². The van der Waals surface area contributed by atoms with E-state index in [1.54, 1.807) is 0 Å². The molecule has 3 rings (SSSR count). The largest absolute Gasteiger partial charge is 0.314 e. The number of piperazine rings is 1. The van der Waals surface area contributed by atoms with Crippen molar-refractivity contribution in [1.82, 2.24) is 15.2 Å². The molecule has 2 fully saturated rings. The predicted molar refractivity (Wildman–Crippen MR) is 83.2 cm³/mol. The fraction of sp³-hybridized carbons (Fsp3) is 0.643. The molecule has 2 heterocycles. The van der Waals surface area contributed by atoms with Crippen molar-refractivity contribution in [2.75, 3.05) is 26.2 Å². The summed E-state index contributed by atoms with van der Waals surface area (Å²) < 4.78 is 14.0. The van der Waals surface area contributed by atoms with Crippen molar-refractivity contribution in [3.8, 4) is 0 Å². The topological polar surface area (TPSA) is 28.2 Å². The van der Waals surface area contributed by atoms with Crippen molar-refractivity contribution < 1.29 is 4.39 Å². The van der Waals surface area contributed by atoms with Crippen LogP contribution in [0.15, 0.2) is 18.3 Å². The number of hydrogen-bond donors (Lipinski definition) is 1. The molecule has 1 aromatic rings. The first-order chi connectivity index (χ1) is 8.86. The van der Waals surface area contributed by atoms with Crippen LogP contribution in [0.25, 0.3) is 0 Å². The van der Waals surface area contributed by atoms with Crippen LogP contribution in [0.1, 0.15) is 30.9 Å². The van der Waals surface area contributed by atoms with Gasteiger partial charge in [0.2, 0.25) is 5.95 Å². The fourth-order valence-electron chi connectivity index (χ4n) is 3.08. The van der Waals surface area contributed by atoms with Crippen LogP contribution in [-0.4, -0.2) is 36.1 Å². The van der Waals surface area contributed by atoms with E-state index in [2.05, 4.69) is 15.2 Å². The first-order valence-electron chi connectivity index (χ1n) is 6.91. The first-order valence-corrected chi connectivity index (χ1v) is 6.91. The zero-order valence-corrected chi connectivity index (χ0v) is 13.1. The smallest absolute Gasteiger partial charge is 0.217 e. The Hall–Kier alpha value is -0.420. The van der Waals surface area contributed by atoms with Crippen LogP contribution in [-0.2, 0) is 0 Å². The molecule has 6 heteroatoms. The summed E-state index contributed by atoms with van der Waals surface area (Å²) >= 11 is 0. The first kappa shape index (κ1) is 17.6. The van der Waals surface area contributed by atoms with Gasteiger partial charge in [0.05, 0.1) is 0 Å². The lowest BCUT2D eigenvalue weighted by atomic mass is 9.76. The molecule has 1 N–H and O–H groups in total. The Morgan fingerprint density at radius 2 is 1.95 bits per heavy atom. The molecule has 1 atom stereocenters. The Labute approximate surface area is 132 Å². The molecule has 20 heavy (non-hydrogen) atoms. The average molecular weight is 322 g/mol. The number of pyridine rings is 1. The number of nitrogens with one attached hydrogen (secondary N) is 1. The molecule has 0 unspecified atom stereocenters. The summed E-state index contributed by atoms with van der Waals surface area (Å²) in [7, 11) is 0. The van der Waals surface area contributed by atoms with E-state index < -0.39 is 0 Å². The maximum absolute atomic E-state index is 14.0. The summed E-state index contributed by atoms with van der Waals surface area (Å²) in [5.74, 6) is 0.328. The SMILES string of the molecule is Cl.Cl.Fc1ncccc1[C@@H](C1CCC1)N1CCNCC1. The minimum atomic E-state index is -0.284. The minimum Gasteiger partial charge on any atom is -0.314 e. The molecule has 0 amide bonds. The number of nitrogens with zero attached hydrogens (tertiary/aromatic N) is 2. The number of hydrogen-bond acceptors (Lipinski definition) is 3. The standard InChI is InChI=1S/C14H20FN3.2ClH/c15-14-12(5-2-6-17-14)13(11-3-1-4-11)18-9-7-16-8-10-18;;/h2,5-6,11,13,16H,1,3-4,7-10H2;2*1H/t13-;;/m1../s1. The molecule has 0 aromatic carbocycles. The summed E-state index contributed by atoms with van der Waals surface area (Å²) in [5.41, 5.74) is 0.795. The van der Waals surface area contributed by atoms with Crippen LogP contribution in [0.4, 0.5) is 4.39 Å². The molecule has 0 spiro atoms. The number of aromatic nitrogens is 1. The average Bonchev–Trinajstić information content (AvgIpc) is 2.36. The molecule has 1 aliphatic carbocycles. The second-order valence-corrected chi connectivity index (χ2v) is 5.31. The summed E-state index contributed by atoms with van der Waals surface area (Å²) in [6, 6.07) is 3.99. The molecular formula is C14H22Cl2FN3. The van der Waals surface area contributed by atoms with Crippen LogP contribution in [0.5, 0.6) is 0 Å². The Balaban J connectivity index is 0.000001000. The third-order valence-corrected chi connectivity index (χ3v) is 4.25. The fourth-order valence-corrected chi connectivity index (χ4v) is 3.08. The normalized spacial score (nSPS) is 21.2. The molecule has 2 aliphatic rings. The van der Waals surface area contributed by atoms with Crippen LogP contribution in [0.2, 0.25) is 0 Å². The van der Waals surface area contributed by atoms with Gasteiger partial charge in [0.1, 0.15) is 0 Å². The maximum atomic E-state index is 14.0. The third kappa shape index (κ3) is 3.61. The lowest BCUT2D eigenvalue weighted by Gasteiger charge is -2.43. The summed E-state index contributed by atoms with van der Waals surface area (Å²) in [6.45, 7) is 4.03. The van der Waals surface area contributed by atoms with Crippen molar-refractivity contribution in [1.29, 1.82) is 0 Å². The Kier molecular flexibility index (Phi) is 7.17. The van der Waals surface area contributed by atoms with E-state index >= 15 is 0 Å². The molecule has 3 nitrogen and oxygen atoms in total. The predicted octanol–water partition coefficient (Wildman–Crippen LogP) is 2.81. The van der Waals surface area contributed by atoms with Gasteiger partial charge in [-0.3, -0.25) is 4.90 Å². The minimum absolute atomic E-state index is 0. The molecule has 1 saturated heterocycles. The maximum Gasteiger partial charge on any atom is 0.217 e. The highest BCUT2D eigenvalue weighted by atomic mass is 35.5. The summed E-state index contributed by atoms with van der Waals surface area (Å²) in [4.78, 5) is 6.26. The molecule has 0 radical (unpaired) electrons. The van der Waals surface area contributed by atoms with Gasteiger partial charge in [0.15, 0.2) is 0 Å². The highest BCUT2D eigenvalue weighted by Crippen LogP contribution is 2.41. The summed E-state index contributed by atoms with van der Waals surface area (Å²) in [6.07, 6.45) is 5.27. The van der Waals surface area contributed by atoms with Crippen LogP contribution in [0, 0.1) is 11.9 Å². The number of rotatable bonds is 3. The zero-order chi connectivity index (χ0) is 12.4. The molecule has 114 valence electrons. The Bertz CT molecular complexity index is 409. The monoisotopic (exact) mass is 321 g/mol. The Morgan fingerprint density at radius 3 is 2.50 bits per heavy atom. The van der Waals surface area contributed by atoms with Gasteiger partial charge in [0, 0.05) is 44.0 Å². The highest BCUT2D eigenvalue weighted by Gasteiger charge is 2.35. The second kappa shape index (κ2) is 8.13. The van der Waals surface area contributed by atoms with Gasteiger partial charge in [-0.2, -0.15) is 4.39 Å². The Morgan fingerprint density at radius 1 is 1.25 bits per heavy atom. The van der Waals surface area contributed by atoms with E-state index in [0.29, 0.717) is 5.92 Å². The van der Waals surface area contributed by atoms with Crippen LogP contribution >= 0.6 is 24.8 Å². The highest BCUT2D eigenvalue weighted by molar-refractivity contribution is 5.85. The summed E-state index contributed by atoms with van der Waals surface area (Å²) in [5, 5.41) is 3.36. The molecule has 1 saturated carbocycles.